The van der Waals surface area contributed by atoms with Crippen molar-refractivity contribution in [1.82, 2.24) is 4.90 Å². The molecule has 1 unspecified atom stereocenters. The van der Waals surface area contributed by atoms with E-state index >= 15 is 0 Å². The van der Waals surface area contributed by atoms with Gasteiger partial charge < -0.3 is 14.8 Å². The molecule has 0 fully saturated rings. The van der Waals surface area contributed by atoms with Gasteiger partial charge in [-0.15, -0.1) is 0 Å². The molecular formula is C15H26BNO3. The molecule has 5 heteroatoms. The standard InChI is InChI=1S/C15H26BNO3/c1-11(2)8-12(3)17(4)10-13-6-7-15(20-5)14(9-13)16(18)19/h6-7,9,11-12,18-19H,8,10H2,1-5H3. The molecule has 1 atom stereocenters. The first-order valence-electron chi connectivity index (χ1n) is 7.08. The van der Waals surface area contributed by atoms with Crippen LogP contribution in [0.15, 0.2) is 18.2 Å². The molecule has 0 spiro atoms. The van der Waals surface area contributed by atoms with Crippen molar-refractivity contribution in [3.8, 4) is 5.75 Å². The van der Waals surface area contributed by atoms with E-state index in [-0.39, 0.29) is 0 Å². The maximum atomic E-state index is 9.38. The maximum absolute atomic E-state index is 9.38. The summed E-state index contributed by atoms with van der Waals surface area (Å²) in [5.74, 6) is 1.17. The topological polar surface area (TPSA) is 52.9 Å². The van der Waals surface area contributed by atoms with E-state index in [1.807, 2.05) is 6.07 Å². The van der Waals surface area contributed by atoms with Gasteiger partial charge in [-0.05, 0) is 37.9 Å². The average Bonchev–Trinajstić information content (AvgIpc) is 2.37. The third-order valence-corrected chi connectivity index (χ3v) is 3.57. The minimum atomic E-state index is -1.51. The number of hydrogen-bond acceptors (Lipinski definition) is 4. The number of ether oxygens (including phenoxy) is 1. The van der Waals surface area contributed by atoms with Crippen molar-refractivity contribution in [3.05, 3.63) is 23.8 Å². The van der Waals surface area contributed by atoms with Crippen molar-refractivity contribution < 1.29 is 14.8 Å². The summed E-state index contributed by atoms with van der Waals surface area (Å²) >= 11 is 0. The SMILES string of the molecule is COc1ccc(CN(C)C(C)CC(C)C)cc1B(O)O. The van der Waals surface area contributed by atoms with Crippen LogP contribution < -0.4 is 10.2 Å². The molecule has 1 aromatic carbocycles. The third-order valence-electron chi connectivity index (χ3n) is 3.57. The van der Waals surface area contributed by atoms with Gasteiger partial charge in [0.15, 0.2) is 0 Å². The van der Waals surface area contributed by atoms with Gasteiger partial charge in [0.1, 0.15) is 5.75 Å². The first-order valence-corrected chi connectivity index (χ1v) is 7.08. The van der Waals surface area contributed by atoms with Gasteiger partial charge in [-0.1, -0.05) is 26.0 Å². The van der Waals surface area contributed by atoms with Crippen LogP contribution in [0.3, 0.4) is 0 Å². The van der Waals surface area contributed by atoms with Crippen LogP contribution in [0.5, 0.6) is 5.75 Å². The Labute approximate surface area is 122 Å². The molecule has 2 N–H and O–H groups in total. The Morgan fingerprint density at radius 3 is 2.40 bits per heavy atom. The Kier molecular flexibility index (Phi) is 6.53. The molecule has 0 bridgehead atoms. The highest BCUT2D eigenvalue weighted by Gasteiger charge is 2.18. The first-order chi connectivity index (χ1) is 9.35. The highest BCUT2D eigenvalue weighted by molar-refractivity contribution is 6.59. The summed E-state index contributed by atoms with van der Waals surface area (Å²) in [4.78, 5) is 2.27. The number of methoxy groups -OCH3 is 1. The predicted molar refractivity (Wildman–Crippen MR) is 83.2 cm³/mol. The van der Waals surface area contributed by atoms with Gasteiger partial charge in [-0.25, -0.2) is 0 Å². The van der Waals surface area contributed by atoms with Crippen LogP contribution >= 0.6 is 0 Å². The number of benzene rings is 1. The molecule has 1 aromatic rings. The minimum absolute atomic E-state index is 0.412. The summed E-state index contributed by atoms with van der Waals surface area (Å²) in [5, 5.41) is 18.8. The van der Waals surface area contributed by atoms with Crippen molar-refractivity contribution in [2.45, 2.75) is 39.8 Å². The lowest BCUT2D eigenvalue weighted by atomic mass is 9.78. The normalized spacial score (nSPS) is 12.8. The first kappa shape index (κ1) is 17.0. The van der Waals surface area contributed by atoms with E-state index in [0.717, 1.165) is 18.5 Å². The Hall–Kier alpha value is -1.04. The van der Waals surface area contributed by atoms with E-state index in [9.17, 15) is 10.0 Å². The Bertz CT molecular complexity index is 424. The lowest BCUT2D eigenvalue weighted by molar-refractivity contribution is 0.220. The van der Waals surface area contributed by atoms with Crippen LogP contribution in [0.25, 0.3) is 0 Å². The lowest BCUT2D eigenvalue weighted by Gasteiger charge is -2.26. The van der Waals surface area contributed by atoms with Gasteiger partial charge in [0.2, 0.25) is 0 Å². The van der Waals surface area contributed by atoms with Crippen LogP contribution in [0, 0.1) is 5.92 Å². The molecule has 0 aliphatic rings. The molecule has 0 saturated heterocycles. The second-order valence-corrected chi connectivity index (χ2v) is 5.84. The van der Waals surface area contributed by atoms with Crippen LogP contribution in [0.4, 0.5) is 0 Å². The number of rotatable bonds is 7. The Morgan fingerprint density at radius 1 is 1.25 bits per heavy atom. The molecular weight excluding hydrogens is 253 g/mol. The van der Waals surface area contributed by atoms with Gasteiger partial charge in [-0.2, -0.15) is 0 Å². The smallest absolute Gasteiger partial charge is 0.492 e. The zero-order valence-corrected chi connectivity index (χ0v) is 13.1. The number of hydrogen-bond donors (Lipinski definition) is 2. The highest BCUT2D eigenvalue weighted by atomic mass is 16.5. The van der Waals surface area contributed by atoms with E-state index in [0.29, 0.717) is 23.2 Å². The fourth-order valence-corrected chi connectivity index (χ4v) is 2.39. The van der Waals surface area contributed by atoms with Gasteiger partial charge >= 0.3 is 7.12 Å². The zero-order valence-electron chi connectivity index (χ0n) is 13.1. The molecule has 0 aliphatic heterocycles. The molecule has 0 aliphatic carbocycles. The Morgan fingerprint density at radius 2 is 1.90 bits per heavy atom. The maximum Gasteiger partial charge on any atom is 0.492 e. The van der Waals surface area contributed by atoms with E-state index < -0.39 is 7.12 Å². The summed E-state index contributed by atoms with van der Waals surface area (Å²) in [7, 11) is 2.10. The summed E-state index contributed by atoms with van der Waals surface area (Å²) in [6.07, 6.45) is 1.14. The highest BCUT2D eigenvalue weighted by Crippen LogP contribution is 2.15. The molecule has 4 nitrogen and oxygen atoms in total. The molecule has 0 aromatic heterocycles. The lowest BCUT2D eigenvalue weighted by Crippen LogP contribution is -2.33. The number of nitrogens with zero attached hydrogens (tertiary/aromatic N) is 1. The fraction of sp³-hybridized carbons (Fsp3) is 0.600. The van der Waals surface area contributed by atoms with Gasteiger partial charge in [-0.3, -0.25) is 4.90 Å². The molecule has 0 radical (unpaired) electrons. The molecule has 0 saturated carbocycles. The summed E-state index contributed by atoms with van der Waals surface area (Å²) < 4.78 is 5.13. The van der Waals surface area contributed by atoms with Crippen LogP contribution in [-0.4, -0.2) is 42.3 Å². The predicted octanol–water partition coefficient (Wildman–Crippen LogP) is 1.24. The summed E-state index contributed by atoms with van der Waals surface area (Å²) in [6.45, 7) is 7.43. The van der Waals surface area contributed by atoms with Gasteiger partial charge in [0.05, 0.1) is 7.11 Å². The van der Waals surface area contributed by atoms with Crippen LogP contribution in [-0.2, 0) is 6.54 Å². The molecule has 20 heavy (non-hydrogen) atoms. The second kappa shape index (κ2) is 7.67. The molecule has 0 amide bonds. The fourth-order valence-electron chi connectivity index (χ4n) is 2.39. The van der Waals surface area contributed by atoms with E-state index in [4.69, 9.17) is 4.74 Å². The van der Waals surface area contributed by atoms with Crippen LogP contribution in [0.1, 0.15) is 32.8 Å². The van der Waals surface area contributed by atoms with E-state index in [1.54, 1.807) is 12.1 Å². The molecule has 112 valence electrons. The second-order valence-electron chi connectivity index (χ2n) is 5.84. The van der Waals surface area contributed by atoms with Crippen molar-refractivity contribution in [2.24, 2.45) is 5.92 Å². The summed E-state index contributed by atoms with van der Waals surface area (Å²) in [6, 6.07) is 6.02. The van der Waals surface area contributed by atoms with Crippen molar-refractivity contribution in [1.29, 1.82) is 0 Å². The van der Waals surface area contributed by atoms with Crippen molar-refractivity contribution >= 4 is 12.6 Å². The van der Waals surface area contributed by atoms with E-state index in [1.165, 1.54) is 7.11 Å². The summed E-state index contributed by atoms with van der Waals surface area (Å²) in [5.41, 5.74) is 1.46. The van der Waals surface area contributed by atoms with Crippen molar-refractivity contribution in [3.63, 3.8) is 0 Å². The quantitative estimate of drug-likeness (QED) is 0.737. The average molecular weight is 279 g/mol. The third kappa shape index (κ3) is 4.82. The monoisotopic (exact) mass is 279 g/mol. The zero-order chi connectivity index (χ0) is 15.3. The Balaban J connectivity index is 2.80. The van der Waals surface area contributed by atoms with Gasteiger partial charge in [0, 0.05) is 18.0 Å². The minimum Gasteiger partial charge on any atom is -0.497 e. The largest absolute Gasteiger partial charge is 0.497 e. The molecule has 1 rings (SSSR count). The van der Waals surface area contributed by atoms with Gasteiger partial charge in [0.25, 0.3) is 0 Å². The van der Waals surface area contributed by atoms with Crippen LogP contribution in [0.2, 0.25) is 0 Å². The van der Waals surface area contributed by atoms with Crippen molar-refractivity contribution in [2.75, 3.05) is 14.2 Å². The molecule has 0 heterocycles. The van der Waals surface area contributed by atoms with E-state index in [2.05, 4.69) is 32.7 Å².